The van der Waals surface area contributed by atoms with E-state index in [9.17, 15) is 0 Å². The van der Waals surface area contributed by atoms with Gasteiger partial charge in [-0.25, -0.2) is 4.68 Å². The van der Waals surface area contributed by atoms with E-state index < -0.39 is 0 Å². The summed E-state index contributed by atoms with van der Waals surface area (Å²) in [6, 6.07) is 7.51. The fraction of sp³-hybridized carbons (Fsp3) is 0.231. The minimum Gasteiger partial charge on any atom is -0.497 e. The van der Waals surface area contributed by atoms with Gasteiger partial charge in [-0.1, -0.05) is 28.3 Å². The second-order valence-electron chi connectivity index (χ2n) is 4.29. The predicted octanol–water partition coefficient (Wildman–Crippen LogP) is 3.56. The Labute approximate surface area is 140 Å². The summed E-state index contributed by atoms with van der Waals surface area (Å²) in [6.07, 6.45) is 0. The topological polar surface area (TPSA) is 66.0 Å². The number of aromatic nitrogens is 4. The lowest BCUT2D eigenvalue weighted by Gasteiger charge is -1.98. The number of hydrogen-bond donors (Lipinski definition) is 0. The van der Waals surface area contributed by atoms with E-state index in [0.717, 1.165) is 19.6 Å². The Balaban J connectivity index is 1.69. The quantitative estimate of drug-likeness (QED) is 0.514. The predicted molar refractivity (Wildman–Crippen MR) is 87.8 cm³/mol. The number of hydrogen-bond acceptors (Lipinski definition) is 8. The van der Waals surface area contributed by atoms with Gasteiger partial charge in [-0.3, -0.25) is 0 Å². The van der Waals surface area contributed by atoms with Gasteiger partial charge in [0.2, 0.25) is 11.7 Å². The second kappa shape index (κ2) is 6.59. The van der Waals surface area contributed by atoms with Gasteiger partial charge in [0.1, 0.15) is 5.75 Å². The molecular formula is C13H12N4O2S3. The van der Waals surface area contributed by atoms with E-state index in [1.165, 1.54) is 23.1 Å². The van der Waals surface area contributed by atoms with Crippen LogP contribution < -0.4 is 4.74 Å². The lowest BCUT2D eigenvalue weighted by Crippen LogP contribution is -1.89. The number of rotatable bonds is 5. The summed E-state index contributed by atoms with van der Waals surface area (Å²) in [5.41, 5.74) is 0.884. The molecule has 0 atom stereocenters. The zero-order chi connectivity index (χ0) is 15.5. The summed E-state index contributed by atoms with van der Waals surface area (Å²) in [5, 5.41) is 8.29. The molecule has 2 aromatic heterocycles. The zero-order valence-corrected chi connectivity index (χ0v) is 14.3. The Hall–Kier alpha value is -1.71. The maximum absolute atomic E-state index is 5.27. The standard InChI is InChI=1S/C13H12N4O2S3/c1-17-13(20)22-12(15-17)21-7-10-14-11(16-19-10)8-3-5-9(18-2)6-4-8/h3-6H,7H2,1-2H3. The fourth-order valence-corrected chi connectivity index (χ4v) is 3.79. The van der Waals surface area contributed by atoms with Crippen molar-refractivity contribution < 1.29 is 9.26 Å². The van der Waals surface area contributed by atoms with Gasteiger partial charge in [-0.05, 0) is 36.5 Å². The van der Waals surface area contributed by atoms with E-state index in [-0.39, 0.29) is 0 Å². The van der Waals surface area contributed by atoms with Crippen LogP contribution in [0.3, 0.4) is 0 Å². The number of thioether (sulfide) groups is 1. The highest BCUT2D eigenvalue weighted by atomic mass is 32.2. The van der Waals surface area contributed by atoms with Gasteiger partial charge in [0.15, 0.2) is 8.29 Å². The van der Waals surface area contributed by atoms with Crippen LogP contribution in [0.2, 0.25) is 0 Å². The molecule has 0 N–H and O–H groups in total. The first-order chi connectivity index (χ1) is 10.7. The third kappa shape index (κ3) is 3.37. The number of aryl methyl sites for hydroxylation is 1. The van der Waals surface area contributed by atoms with Crippen molar-refractivity contribution in [3.63, 3.8) is 0 Å². The SMILES string of the molecule is COc1ccc(-c2noc(CSc3nn(C)c(=S)s3)n2)cc1. The van der Waals surface area contributed by atoms with Gasteiger partial charge < -0.3 is 9.26 Å². The molecule has 1 aromatic carbocycles. The van der Waals surface area contributed by atoms with Crippen LogP contribution in [0.1, 0.15) is 5.89 Å². The first-order valence-electron chi connectivity index (χ1n) is 6.29. The molecule has 6 nitrogen and oxygen atoms in total. The van der Waals surface area contributed by atoms with Crippen LogP contribution in [0.15, 0.2) is 33.1 Å². The van der Waals surface area contributed by atoms with Crippen molar-refractivity contribution in [3.8, 4) is 17.1 Å². The molecule has 0 unspecified atom stereocenters. The molecule has 0 spiro atoms. The minimum atomic E-state index is 0.555. The van der Waals surface area contributed by atoms with Crippen LogP contribution >= 0.6 is 35.3 Å². The van der Waals surface area contributed by atoms with Crippen molar-refractivity contribution in [1.82, 2.24) is 19.9 Å². The molecule has 0 saturated carbocycles. The average Bonchev–Trinajstić information content (AvgIpc) is 3.13. The minimum absolute atomic E-state index is 0.555. The lowest BCUT2D eigenvalue weighted by molar-refractivity contribution is 0.391. The molecule has 0 bridgehead atoms. The monoisotopic (exact) mass is 352 g/mol. The van der Waals surface area contributed by atoms with Crippen LogP contribution in [-0.4, -0.2) is 27.0 Å². The molecule has 3 aromatic rings. The summed E-state index contributed by atoms with van der Waals surface area (Å²) in [5.74, 6) is 2.47. The van der Waals surface area contributed by atoms with Crippen molar-refractivity contribution in [2.24, 2.45) is 7.05 Å². The van der Waals surface area contributed by atoms with E-state index in [1.54, 1.807) is 11.8 Å². The normalized spacial score (nSPS) is 10.8. The molecule has 0 aliphatic heterocycles. The van der Waals surface area contributed by atoms with Crippen molar-refractivity contribution >= 4 is 35.3 Å². The highest BCUT2D eigenvalue weighted by Crippen LogP contribution is 2.26. The van der Waals surface area contributed by atoms with Gasteiger partial charge in [0.25, 0.3) is 0 Å². The highest BCUT2D eigenvalue weighted by molar-refractivity contribution is 8.00. The van der Waals surface area contributed by atoms with Gasteiger partial charge in [-0.2, -0.15) is 10.1 Å². The molecular weight excluding hydrogens is 340 g/mol. The summed E-state index contributed by atoms with van der Waals surface area (Å²) in [7, 11) is 3.46. The Morgan fingerprint density at radius 1 is 1.36 bits per heavy atom. The van der Waals surface area contributed by atoms with E-state index >= 15 is 0 Å². The van der Waals surface area contributed by atoms with Gasteiger partial charge in [0, 0.05) is 12.6 Å². The van der Waals surface area contributed by atoms with Crippen LogP contribution in [0.25, 0.3) is 11.4 Å². The molecule has 0 fully saturated rings. The van der Waals surface area contributed by atoms with Crippen LogP contribution in [0.4, 0.5) is 0 Å². The van der Waals surface area contributed by atoms with Crippen molar-refractivity contribution in [2.45, 2.75) is 10.1 Å². The van der Waals surface area contributed by atoms with E-state index in [0.29, 0.717) is 17.5 Å². The number of benzene rings is 1. The first-order valence-corrected chi connectivity index (χ1v) is 8.50. The Kier molecular flexibility index (Phi) is 4.55. The van der Waals surface area contributed by atoms with E-state index in [1.807, 2.05) is 31.3 Å². The van der Waals surface area contributed by atoms with Crippen molar-refractivity contribution in [1.29, 1.82) is 0 Å². The Bertz CT molecular complexity index is 822. The molecule has 0 amide bonds. The third-order valence-corrected chi connectivity index (χ3v) is 5.34. The largest absolute Gasteiger partial charge is 0.497 e. The molecule has 0 aliphatic carbocycles. The van der Waals surface area contributed by atoms with Crippen molar-refractivity contribution in [2.75, 3.05) is 7.11 Å². The lowest BCUT2D eigenvalue weighted by atomic mass is 10.2. The number of ether oxygens (including phenoxy) is 1. The molecule has 0 aliphatic rings. The number of methoxy groups -OCH3 is 1. The molecule has 0 saturated heterocycles. The summed E-state index contributed by atoms with van der Waals surface area (Å²) in [6.45, 7) is 0. The van der Waals surface area contributed by atoms with E-state index in [2.05, 4.69) is 15.2 Å². The van der Waals surface area contributed by atoms with Crippen LogP contribution in [0, 0.1) is 3.95 Å². The fourth-order valence-electron chi connectivity index (χ4n) is 1.68. The zero-order valence-electron chi connectivity index (χ0n) is 11.8. The molecule has 114 valence electrons. The van der Waals surface area contributed by atoms with Gasteiger partial charge in [0.05, 0.1) is 12.9 Å². The summed E-state index contributed by atoms with van der Waals surface area (Å²) < 4.78 is 13.7. The average molecular weight is 352 g/mol. The second-order valence-corrected chi connectivity index (χ2v) is 7.13. The Morgan fingerprint density at radius 3 is 2.77 bits per heavy atom. The van der Waals surface area contributed by atoms with Crippen LogP contribution in [-0.2, 0) is 12.8 Å². The van der Waals surface area contributed by atoms with E-state index in [4.69, 9.17) is 21.5 Å². The van der Waals surface area contributed by atoms with Crippen LogP contribution in [0.5, 0.6) is 5.75 Å². The third-order valence-electron chi connectivity index (χ3n) is 2.81. The molecule has 3 rings (SSSR count). The maximum atomic E-state index is 5.27. The smallest absolute Gasteiger partial charge is 0.237 e. The molecule has 9 heteroatoms. The molecule has 0 radical (unpaired) electrons. The molecule has 22 heavy (non-hydrogen) atoms. The highest BCUT2D eigenvalue weighted by Gasteiger charge is 2.10. The maximum Gasteiger partial charge on any atom is 0.237 e. The number of nitrogens with zero attached hydrogens (tertiary/aromatic N) is 4. The Morgan fingerprint density at radius 2 is 2.14 bits per heavy atom. The van der Waals surface area contributed by atoms with Crippen molar-refractivity contribution in [3.05, 3.63) is 34.1 Å². The molecule has 2 heterocycles. The summed E-state index contributed by atoms with van der Waals surface area (Å²) >= 11 is 8.13. The summed E-state index contributed by atoms with van der Waals surface area (Å²) in [4.78, 5) is 4.38. The van der Waals surface area contributed by atoms with Gasteiger partial charge in [-0.15, -0.1) is 0 Å². The first kappa shape index (κ1) is 15.2. The van der Waals surface area contributed by atoms with Gasteiger partial charge >= 0.3 is 0 Å².